The van der Waals surface area contributed by atoms with E-state index in [2.05, 4.69) is 5.32 Å². The Balaban J connectivity index is 1.84. The van der Waals surface area contributed by atoms with E-state index in [1.807, 2.05) is 12.1 Å². The Morgan fingerprint density at radius 2 is 2.19 bits per heavy atom. The number of nitrogens with one attached hydrogen (secondary N) is 1. The summed E-state index contributed by atoms with van der Waals surface area (Å²) in [4.78, 5) is 12.3. The van der Waals surface area contributed by atoms with E-state index < -0.39 is 5.82 Å². The van der Waals surface area contributed by atoms with E-state index in [4.69, 9.17) is 4.74 Å². The van der Waals surface area contributed by atoms with Crippen molar-refractivity contribution >= 4 is 11.5 Å². The molecular weight excluding hydrogens is 269 g/mol. The Hall–Kier alpha value is -2.36. The first kappa shape index (κ1) is 13.6. The lowest BCUT2D eigenvalue weighted by Crippen LogP contribution is -2.06. The summed E-state index contributed by atoms with van der Waals surface area (Å²) in [5.41, 5.74) is 3.21. The fourth-order valence-corrected chi connectivity index (χ4v) is 2.60. The van der Waals surface area contributed by atoms with Gasteiger partial charge in [-0.1, -0.05) is 12.1 Å². The Morgan fingerprint density at radius 1 is 1.33 bits per heavy atom. The van der Waals surface area contributed by atoms with E-state index >= 15 is 0 Å². The van der Waals surface area contributed by atoms with Crippen molar-refractivity contribution < 1.29 is 13.9 Å². The van der Waals surface area contributed by atoms with E-state index in [1.165, 1.54) is 7.11 Å². The van der Waals surface area contributed by atoms with Gasteiger partial charge in [0.15, 0.2) is 17.3 Å². The third-order valence-electron chi connectivity index (χ3n) is 3.75. The lowest BCUT2D eigenvalue weighted by molar-refractivity contribution is 0.0991. The van der Waals surface area contributed by atoms with Gasteiger partial charge in [0, 0.05) is 24.2 Å². The van der Waals surface area contributed by atoms with Crippen molar-refractivity contribution in [2.24, 2.45) is 0 Å². The molecule has 0 radical (unpaired) electrons. The van der Waals surface area contributed by atoms with Crippen LogP contribution in [-0.4, -0.2) is 19.4 Å². The predicted molar refractivity (Wildman–Crippen MR) is 79.6 cm³/mol. The Kier molecular flexibility index (Phi) is 3.60. The maximum Gasteiger partial charge on any atom is 0.168 e. The molecule has 108 valence electrons. The van der Waals surface area contributed by atoms with Gasteiger partial charge in [-0.3, -0.25) is 4.79 Å². The van der Waals surface area contributed by atoms with Gasteiger partial charge in [-0.25, -0.2) is 4.39 Å². The minimum absolute atomic E-state index is 0.0370. The summed E-state index contributed by atoms with van der Waals surface area (Å²) in [7, 11) is 1.41. The summed E-state index contributed by atoms with van der Waals surface area (Å²) in [5, 5.41) is 3.25. The molecule has 0 amide bonds. The Bertz CT molecular complexity index is 697. The number of benzene rings is 2. The smallest absolute Gasteiger partial charge is 0.168 e. The minimum atomic E-state index is -0.462. The van der Waals surface area contributed by atoms with Crippen LogP contribution in [0.15, 0.2) is 36.4 Å². The number of Topliss-reactive ketones (excluding diaryl/α,β-unsaturated/α-hetero) is 1. The summed E-state index contributed by atoms with van der Waals surface area (Å²) in [6.45, 7) is 0.900. The summed E-state index contributed by atoms with van der Waals surface area (Å²) in [6.07, 6.45) is 0.958. The summed E-state index contributed by atoms with van der Waals surface area (Å²) < 4.78 is 19.0. The largest absolute Gasteiger partial charge is 0.494 e. The van der Waals surface area contributed by atoms with Crippen molar-refractivity contribution in [2.45, 2.75) is 12.8 Å². The molecule has 3 nitrogen and oxygen atoms in total. The molecule has 0 saturated carbocycles. The van der Waals surface area contributed by atoms with Gasteiger partial charge in [-0.05, 0) is 41.8 Å². The highest BCUT2D eigenvalue weighted by Gasteiger charge is 2.16. The molecule has 0 saturated heterocycles. The number of rotatable bonds is 4. The van der Waals surface area contributed by atoms with Crippen molar-refractivity contribution in [1.82, 2.24) is 0 Å². The van der Waals surface area contributed by atoms with Gasteiger partial charge in [0.2, 0.25) is 0 Å². The second-order valence-electron chi connectivity index (χ2n) is 5.08. The fraction of sp³-hybridized carbons (Fsp3) is 0.235. The van der Waals surface area contributed by atoms with Crippen LogP contribution in [0.1, 0.15) is 21.5 Å². The molecular formula is C17H16FNO2. The molecule has 0 bridgehead atoms. The van der Waals surface area contributed by atoms with Crippen LogP contribution < -0.4 is 10.1 Å². The normalized spacial score (nSPS) is 12.7. The molecule has 0 atom stereocenters. The van der Waals surface area contributed by atoms with Gasteiger partial charge in [-0.15, -0.1) is 0 Å². The fourth-order valence-electron chi connectivity index (χ4n) is 2.60. The minimum Gasteiger partial charge on any atom is -0.494 e. The second kappa shape index (κ2) is 5.56. The van der Waals surface area contributed by atoms with Crippen LogP contribution >= 0.6 is 0 Å². The maximum atomic E-state index is 14.1. The monoisotopic (exact) mass is 285 g/mol. The van der Waals surface area contributed by atoms with Gasteiger partial charge in [-0.2, -0.15) is 0 Å². The summed E-state index contributed by atoms with van der Waals surface area (Å²) in [5.74, 6) is -0.383. The van der Waals surface area contributed by atoms with Gasteiger partial charge in [0.25, 0.3) is 0 Å². The number of methoxy groups -OCH3 is 1. The number of ketones is 1. The van der Waals surface area contributed by atoms with Crippen molar-refractivity contribution in [3.63, 3.8) is 0 Å². The third-order valence-corrected chi connectivity index (χ3v) is 3.75. The van der Waals surface area contributed by atoms with Crippen LogP contribution in [0.2, 0.25) is 0 Å². The molecule has 4 heteroatoms. The molecule has 0 fully saturated rings. The van der Waals surface area contributed by atoms with E-state index in [-0.39, 0.29) is 18.0 Å². The quantitative estimate of drug-likeness (QED) is 0.877. The zero-order chi connectivity index (χ0) is 14.8. The van der Waals surface area contributed by atoms with Crippen molar-refractivity contribution in [2.75, 3.05) is 19.0 Å². The highest BCUT2D eigenvalue weighted by atomic mass is 19.1. The molecule has 0 aromatic heterocycles. The van der Waals surface area contributed by atoms with Crippen LogP contribution in [0.5, 0.6) is 5.75 Å². The van der Waals surface area contributed by atoms with Crippen LogP contribution in [0.25, 0.3) is 0 Å². The van der Waals surface area contributed by atoms with E-state index in [1.54, 1.807) is 24.3 Å². The lowest BCUT2D eigenvalue weighted by atomic mass is 10.00. The average molecular weight is 285 g/mol. The van der Waals surface area contributed by atoms with E-state index in [0.717, 1.165) is 24.2 Å². The maximum absolute atomic E-state index is 14.1. The predicted octanol–water partition coefficient (Wildman–Crippen LogP) is 3.23. The molecule has 0 aliphatic carbocycles. The van der Waals surface area contributed by atoms with Crippen LogP contribution in [-0.2, 0) is 12.8 Å². The lowest BCUT2D eigenvalue weighted by Gasteiger charge is -2.08. The van der Waals surface area contributed by atoms with E-state index in [0.29, 0.717) is 11.1 Å². The number of hydrogen-bond donors (Lipinski definition) is 1. The van der Waals surface area contributed by atoms with Gasteiger partial charge >= 0.3 is 0 Å². The topological polar surface area (TPSA) is 38.3 Å². The molecule has 2 aromatic rings. The van der Waals surface area contributed by atoms with Crippen LogP contribution in [0, 0.1) is 5.82 Å². The number of anilines is 1. The Morgan fingerprint density at radius 3 is 3.00 bits per heavy atom. The number of hydrogen-bond acceptors (Lipinski definition) is 3. The van der Waals surface area contributed by atoms with Crippen molar-refractivity contribution in [1.29, 1.82) is 0 Å². The Labute approximate surface area is 122 Å². The number of fused-ring (bicyclic) bond motifs is 1. The van der Waals surface area contributed by atoms with Gasteiger partial charge in [0.05, 0.1) is 7.11 Å². The molecule has 1 heterocycles. The van der Waals surface area contributed by atoms with Gasteiger partial charge < -0.3 is 10.1 Å². The summed E-state index contributed by atoms with van der Waals surface area (Å²) in [6, 6.07) is 10.5. The molecule has 1 N–H and O–H groups in total. The first-order chi connectivity index (χ1) is 10.2. The van der Waals surface area contributed by atoms with Crippen LogP contribution in [0.4, 0.5) is 10.1 Å². The second-order valence-corrected chi connectivity index (χ2v) is 5.08. The molecule has 0 unspecified atom stereocenters. The first-order valence-corrected chi connectivity index (χ1v) is 6.90. The number of ether oxygens (including phenoxy) is 1. The van der Waals surface area contributed by atoms with E-state index in [9.17, 15) is 9.18 Å². The molecule has 0 spiro atoms. The van der Waals surface area contributed by atoms with Crippen molar-refractivity contribution in [3.05, 3.63) is 58.9 Å². The highest BCUT2D eigenvalue weighted by Crippen LogP contribution is 2.25. The molecule has 21 heavy (non-hydrogen) atoms. The number of carbonyl (C=O) groups is 1. The standard InChI is InChI=1S/C17H16FNO2/c1-21-16-4-2-3-13(17(16)18)10-15(20)12-5-6-14-11(9-12)7-8-19-14/h2-6,9,19H,7-8,10H2,1H3. The zero-order valence-corrected chi connectivity index (χ0v) is 11.8. The first-order valence-electron chi connectivity index (χ1n) is 6.90. The van der Waals surface area contributed by atoms with Gasteiger partial charge in [0.1, 0.15) is 0 Å². The average Bonchev–Trinajstić information content (AvgIpc) is 2.96. The molecule has 2 aromatic carbocycles. The molecule has 1 aliphatic heterocycles. The highest BCUT2D eigenvalue weighted by molar-refractivity contribution is 5.98. The van der Waals surface area contributed by atoms with Crippen molar-refractivity contribution in [3.8, 4) is 5.75 Å². The number of carbonyl (C=O) groups excluding carboxylic acids is 1. The van der Waals surface area contributed by atoms with Crippen LogP contribution in [0.3, 0.4) is 0 Å². The molecule has 3 rings (SSSR count). The number of halogens is 1. The third kappa shape index (κ3) is 2.61. The zero-order valence-electron chi connectivity index (χ0n) is 11.8. The molecule has 1 aliphatic rings. The summed E-state index contributed by atoms with van der Waals surface area (Å²) >= 11 is 0. The SMILES string of the molecule is COc1cccc(CC(=O)c2ccc3c(c2)CCN3)c1F.